The standard InChI is InChI=1S/C17H19ClN2S.CH3I/c1-19(2)10-5-11-20-14-6-3-4-7-16(14)21-17-9-8-13(18)12-15(17)20;1-2/h3-4,6-9,12H,5,10-11H2,1-2H3;1H3. The van der Waals surface area contributed by atoms with E-state index >= 15 is 0 Å². The lowest BCUT2D eigenvalue weighted by Crippen LogP contribution is -2.25. The second-order valence-corrected chi connectivity index (χ2v) is 7.01. The van der Waals surface area contributed by atoms with E-state index in [2.05, 4.69) is 82.9 Å². The number of nitrogens with zero attached hydrogens (tertiary/aromatic N) is 2. The van der Waals surface area contributed by atoms with Crippen molar-refractivity contribution in [1.29, 1.82) is 0 Å². The summed E-state index contributed by atoms with van der Waals surface area (Å²) < 4.78 is 0. The van der Waals surface area contributed by atoms with Gasteiger partial charge in [-0.15, -0.1) is 0 Å². The van der Waals surface area contributed by atoms with Crippen LogP contribution >= 0.6 is 46.0 Å². The predicted octanol–water partition coefficient (Wildman–Crippen LogP) is 5.95. The summed E-state index contributed by atoms with van der Waals surface area (Å²) in [4.78, 5) is 9.19. The number of halogens is 2. The van der Waals surface area contributed by atoms with Gasteiger partial charge in [0.15, 0.2) is 0 Å². The molecule has 5 heteroatoms. The molecule has 0 saturated heterocycles. The maximum atomic E-state index is 6.21. The highest BCUT2D eigenvalue weighted by atomic mass is 127. The average molecular weight is 461 g/mol. The monoisotopic (exact) mass is 460 g/mol. The van der Waals surface area contributed by atoms with Crippen molar-refractivity contribution in [2.45, 2.75) is 16.2 Å². The second-order valence-electron chi connectivity index (χ2n) is 5.49. The summed E-state index contributed by atoms with van der Waals surface area (Å²) in [6, 6.07) is 14.8. The van der Waals surface area contributed by atoms with E-state index in [0.29, 0.717) is 0 Å². The molecule has 0 radical (unpaired) electrons. The van der Waals surface area contributed by atoms with Crippen molar-refractivity contribution in [1.82, 2.24) is 4.90 Å². The summed E-state index contributed by atoms with van der Waals surface area (Å²) in [5.41, 5.74) is 2.51. The van der Waals surface area contributed by atoms with E-state index in [-0.39, 0.29) is 0 Å². The highest BCUT2D eigenvalue weighted by Gasteiger charge is 2.22. The average Bonchev–Trinajstić information content (AvgIpc) is 2.56. The summed E-state index contributed by atoms with van der Waals surface area (Å²) in [6.07, 6.45) is 1.12. The van der Waals surface area contributed by atoms with Crippen molar-refractivity contribution in [3.8, 4) is 0 Å². The Morgan fingerprint density at radius 3 is 2.48 bits per heavy atom. The third-order valence-electron chi connectivity index (χ3n) is 3.57. The van der Waals surface area contributed by atoms with Crippen LogP contribution in [0.2, 0.25) is 5.02 Å². The summed E-state index contributed by atoms with van der Waals surface area (Å²) in [7, 11) is 4.23. The van der Waals surface area contributed by atoms with Crippen molar-refractivity contribution >= 4 is 57.3 Å². The van der Waals surface area contributed by atoms with E-state index in [0.717, 1.165) is 24.5 Å². The Balaban J connectivity index is 0.000000924. The molecule has 3 rings (SSSR count). The molecule has 0 fully saturated rings. The zero-order chi connectivity index (χ0) is 16.8. The smallest absolute Gasteiger partial charge is 0.0567 e. The number of fused-ring (bicyclic) bond motifs is 2. The van der Waals surface area contributed by atoms with Gasteiger partial charge in [-0.25, -0.2) is 0 Å². The number of alkyl halides is 1. The van der Waals surface area contributed by atoms with Gasteiger partial charge in [0.25, 0.3) is 0 Å². The minimum atomic E-state index is 0.798. The van der Waals surface area contributed by atoms with E-state index in [1.165, 1.54) is 21.2 Å². The molecule has 2 aromatic carbocycles. The predicted molar refractivity (Wildman–Crippen MR) is 112 cm³/mol. The van der Waals surface area contributed by atoms with Crippen LogP contribution in [0.4, 0.5) is 11.4 Å². The van der Waals surface area contributed by atoms with Crippen LogP contribution in [0, 0.1) is 0 Å². The topological polar surface area (TPSA) is 6.48 Å². The molecule has 0 unspecified atom stereocenters. The van der Waals surface area contributed by atoms with Gasteiger partial charge < -0.3 is 9.80 Å². The molecule has 0 bridgehead atoms. The lowest BCUT2D eigenvalue weighted by molar-refractivity contribution is 0.402. The SMILES string of the molecule is CI.CN(C)CCCN1c2ccccc2Sc2ccc(Cl)cc21. The molecular weight excluding hydrogens is 439 g/mol. The molecule has 2 aromatic rings. The zero-order valence-electron chi connectivity index (χ0n) is 13.7. The van der Waals surface area contributed by atoms with Crippen molar-refractivity contribution in [2.24, 2.45) is 0 Å². The van der Waals surface area contributed by atoms with Gasteiger partial charge in [0.1, 0.15) is 0 Å². The quantitative estimate of drug-likeness (QED) is 0.411. The van der Waals surface area contributed by atoms with Crippen LogP contribution in [-0.4, -0.2) is 37.0 Å². The normalized spacial score (nSPS) is 12.3. The summed E-state index contributed by atoms with van der Waals surface area (Å²) >= 11 is 10.2. The Kier molecular flexibility index (Phi) is 7.53. The molecule has 23 heavy (non-hydrogen) atoms. The number of para-hydroxylation sites is 1. The first-order valence-corrected chi connectivity index (χ1v) is 10.9. The van der Waals surface area contributed by atoms with Gasteiger partial charge in [0.05, 0.1) is 11.4 Å². The van der Waals surface area contributed by atoms with Crippen LogP contribution in [0.3, 0.4) is 0 Å². The van der Waals surface area contributed by atoms with Gasteiger partial charge in [-0.2, -0.15) is 0 Å². The molecule has 0 aliphatic carbocycles. The molecular formula is C18H22ClIN2S. The van der Waals surface area contributed by atoms with Crippen molar-refractivity contribution in [3.63, 3.8) is 0 Å². The number of rotatable bonds is 4. The molecule has 124 valence electrons. The molecule has 1 aliphatic rings. The second kappa shape index (κ2) is 9.16. The molecule has 0 amide bonds. The first-order valence-electron chi connectivity index (χ1n) is 7.51. The lowest BCUT2D eigenvalue weighted by atomic mass is 10.2. The van der Waals surface area contributed by atoms with Crippen LogP contribution in [0.25, 0.3) is 0 Å². The maximum absolute atomic E-state index is 6.21. The minimum absolute atomic E-state index is 0.798. The van der Waals surface area contributed by atoms with E-state index in [4.69, 9.17) is 11.6 Å². The molecule has 0 saturated carbocycles. The number of hydrogen-bond donors (Lipinski definition) is 0. The molecule has 2 nitrogen and oxygen atoms in total. The Labute approximate surface area is 162 Å². The Morgan fingerprint density at radius 1 is 1.04 bits per heavy atom. The van der Waals surface area contributed by atoms with E-state index in [1.54, 1.807) is 0 Å². The molecule has 0 atom stereocenters. The molecule has 0 spiro atoms. The van der Waals surface area contributed by atoms with Crippen LogP contribution in [0.1, 0.15) is 6.42 Å². The molecule has 1 aliphatic heterocycles. The van der Waals surface area contributed by atoms with Gasteiger partial charge in [-0.1, -0.05) is 58.1 Å². The van der Waals surface area contributed by atoms with Gasteiger partial charge in [-0.05, 0) is 62.3 Å². The summed E-state index contributed by atoms with van der Waals surface area (Å²) in [5.74, 6) is 0. The van der Waals surface area contributed by atoms with E-state index in [1.807, 2.05) is 22.8 Å². The van der Waals surface area contributed by atoms with Gasteiger partial charge >= 0.3 is 0 Å². The Hall–Kier alpha value is -0.430. The fourth-order valence-corrected chi connectivity index (χ4v) is 3.83. The lowest BCUT2D eigenvalue weighted by Gasteiger charge is -2.33. The number of hydrogen-bond acceptors (Lipinski definition) is 3. The fourth-order valence-electron chi connectivity index (χ4n) is 2.59. The zero-order valence-corrected chi connectivity index (χ0v) is 17.5. The Bertz CT molecular complexity index is 649. The molecule has 0 N–H and O–H groups in total. The third-order valence-corrected chi connectivity index (χ3v) is 4.94. The van der Waals surface area contributed by atoms with Gasteiger partial charge in [0.2, 0.25) is 0 Å². The van der Waals surface area contributed by atoms with Crippen LogP contribution in [0.5, 0.6) is 0 Å². The largest absolute Gasteiger partial charge is 0.340 e. The van der Waals surface area contributed by atoms with Crippen LogP contribution in [-0.2, 0) is 0 Å². The summed E-state index contributed by atoms with van der Waals surface area (Å²) in [5, 5.41) is 0.798. The Morgan fingerprint density at radius 2 is 1.74 bits per heavy atom. The third kappa shape index (κ3) is 4.78. The van der Waals surface area contributed by atoms with Gasteiger partial charge in [0, 0.05) is 21.4 Å². The van der Waals surface area contributed by atoms with Crippen molar-refractivity contribution < 1.29 is 0 Å². The fraction of sp³-hybridized carbons (Fsp3) is 0.333. The highest BCUT2D eigenvalue weighted by molar-refractivity contribution is 14.1. The van der Waals surface area contributed by atoms with Crippen molar-refractivity contribution in [2.75, 3.05) is 37.0 Å². The van der Waals surface area contributed by atoms with Gasteiger partial charge in [-0.3, -0.25) is 0 Å². The first-order chi connectivity index (χ1) is 11.1. The van der Waals surface area contributed by atoms with Crippen molar-refractivity contribution in [3.05, 3.63) is 47.5 Å². The molecule has 0 aromatic heterocycles. The highest BCUT2D eigenvalue weighted by Crippen LogP contribution is 2.48. The van der Waals surface area contributed by atoms with Crippen LogP contribution in [0.15, 0.2) is 52.3 Å². The van der Waals surface area contributed by atoms with Crippen LogP contribution < -0.4 is 4.90 Å². The number of benzene rings is 2. The minimum Gasteiger partial charge on any atom is -0.340 e. The maximum Gasteiger partial charge on any atom is 0.0567 e. The first kappa shape index (κ1) is 18.9. The van der Waals surface area contributed by atoms with E-state index in [9.17, 15) is 0 Å². The molecule has 1 heterocycles. The summed E-state index contributed by atoms with van der Waals surface area (Å²) in [6.45, 7) is 2.09. The number of anilines is 2. The van der Waals surface area contributed by atoms with E-state index < -0.39 is 0 Å².